The monoisotopic (exact) mass is 428 g/mol. The van der Waals surface area contributed by atoms with Crippen LogP contribution in [0.3, 0.4) is 0 Å². The van der Waals surface area contributed by atoms with Crippen molar-refractivity contribution in [2.24, 2.45) is 11.3 Å². The lowest BCUT2D eigenvalue weighted by atomic mass is 9.91. The SMILES string of the molecule is CC(C)(C)C(=O)N1CCCC(C(=O)NN2C(=O)NC(C)(CCc3ccccc3)C2=O)C1. The van der Waals surface area contributed by atoms with E-state index >= 15 is 0 Å². The molecule has 2 saturated heterocycles. The Morgan fingerprint density at radius 3 is 2.52 bits per heavy atom. The molecule has 0 spiro atoms. The summed E-state index contributed by atoms with van der Waals surface area (Å²) in [4.78, 5) is 52.5. The van der Waals surface area contributed by atoms with Gasteiger partial charge in [0, 0.05) is 18.5 Å². The molecule has 31 heavy (non-hydrogen) atoms. The number of hydrazine groups is 1. The summed E-state index contributed by atoms with van der Waals surface area (Å²) in [5.41, 5.74) is 1.96. The zero-order valence-electron chi connectivity index (χ0n) is 18.7. The van der Waals surface area contributed by atoms with Crippen molar-refractivity contribution in [2.45, 2.75) is 58.9 Å². The summed E-state index contributed by atoms with van der Waals surface area (Å²) >= 11 is 0. The molecule has 2 aliphatic rings. The quantitative estimate of drug-likeness (QED) is 0.703. The largest absolute Gasteiger partial charge is 0.344 e. The smallest absolute Gasteiger partial charge is 0.341 e. The molecule has 8 heteroatoms. The Hall–Kier alpha value is -2.90. The van der Waals surface area contributed by atoms with Crippen LogP contribution in [0.4, 0.5) is 4.79 Å². The summed E-state index contributed by atoms with van der Waals surface area (Å²) < 4.78 is 0. The lowest BCUT2D eigenvalue weighted by Crippen LogP contribution is -2.54. The van der Waals surface area contributed by atoms with Gasteiger partial charge in [0.05, 0.1) is 5.92 Å². The van der Waals surface area contributed by atoms with Gasteiger partial charge in [0.15, 0.2) is 0 Å². The van der Waals surface area contributed by atoms with Crippen LogP contribution in [0.1, 0.15) is 52.5 Å². The van der Waals surface area contributed by atoms with Crippen molar-refractivity contribution < 1.29 is 19.2 Å². The Balaban J connectivity index is 1.61. The Morgan fingerprint density at radius 2 is 1.87 bits per heavy atom. The van der Waals surface area contributed by atoms with Crippen LogP contribution in [0.5, 0.6) is 0 Å². The number of nitrogens with zero attached hydrogens (tertiary/aromatic N) is 2. The van der Waals surface area contributed by atoms with E-state index in [0.717, 1.165) is 10.6 Å². The molecule has 1 aromatic rings. The van der Waals surface area contributed by atoms with E-state index < -0.39 is 34.7 Å². The molecule has 2 fully saturated rings. The highest BCUT2D eigenvalue weighted by Gasteiger charge is 2.49. The van der Waals surface area contributed by atoms with Crippen molar-refractivity contribution in [3.05, 3.63) is 35.9 Å². The fourth-order valence-corrected chi connectivity index (χ4v) is 4.05. The molecule has 8 nitrogen and oxygen atoms in total. The van der Waals surface area contributed by atoms with Crippen molar-refractivity contribution in [3.63, 3.8) is 0 Å². The summed E-state index contributed by atoms with van der Waals surface area (Å²) in [6.07, 6.45) is 2.35. The molecule has 2 aliphatic heterocycles. The molecular formula is C23H32N4O4. The average molecular weight is 429 g/mol. The first-order valence-corrected chi connectivity index (χ1v) is 10.8. The molecule has 2 N–H and O–H groups in total. The van der Waals surface area contributed by atoms with Crippen molar-refractivity contribution in [3.8, 4) is 0 Å². The highest BCUT2D eigenvalue weighted by Crippen LogP contribution is 2.25. The third-order valence-electron chi connectivity index (χ3n) is 5.96. The highest BCUT2D eigenvalue weighted by molar-refractivity contribution is 6.07. The summed E-state index contributed by atoms with van der Waals surface area (Å²) in [6, 6.07) is 9.09. The van der Waals surface area contributed by atoms with Gasteiger partial charge in [0.25, 0.3) is 5.91 Å². The van der Waals surface area contributed by atoms with E-state index in [4.69, 9.17) is 0 Å². The Bertz CT molecular complexity index is 864. The summed E-state index contributed by atoms with van der Waals surface area (Å²) in [7, 11) is 0. The second kappa shape index (κ2) is 8.69. The normalized spacial score (nSPS) is 24.2. The lowest BCUT2D eigenvalue weighted by molar-refractivity contribution is -0.145. The number of hydrogen-bond acceptors (Lipinski definition) is 4. The number of imide groups is 1. The first kappa shape index (κ1) is 22.8. The van der Waals surface area contributed by atoms with Crippen molar-refractivity contribution in [1.82, 2.24) is 20.7 Å². The van der Waals surface area contributed by atoms with E-state index in [0.29, 0.717) is 32.2 Å². The number of carbonyl (C=O) groups excluding carboxylic acids is 4. The minimum Gasteiger partial charge on any atom is -0.341 e. The van der Waals surface area contributed by atoms with Gasteiger partial charge in [-0.05, 0) is 38.2 Å². The van der Waals surface area contributed by atoms with Crippen LogP contribution >= 0.6 is 0 Å². The van der Waals surface area contributed by atoms with Gasteiger partial charge in [0.1, 0.15) is 5.54 Å². The summed E-state index contributed by atoms with van der Waals surface area (Å²) in [5, 5.41) is 3.50. The van der Waals surface area contributed by atoms with Crippen LogP contribution in [0, 0.1) is 11.3 Å². The van der Waals surface area contributed by atoms with Crippen LogP contribution in [-0.4, -0.2) is 52.3 Å². The number of hydrogen-bond donors (Lipinski definition) is 2. The van der Waals surface area contributed by atoms with Gasteiger partial charge < -0.3 is 10.2 Å². The zero-order valence-corrected chi connectivity index (χ0v) is 18.7. The first-order valence-electron chi connectivity index (χ1n) is 10.8. The van der Waals surface area contributed by atoms with Crippen LogP contribution in [0.2, 0.25) is 0 Å². The van der Waals surface area contributed by atoms with E-state index in [2.05, 4.69) is 10.7 Å². The van der Waals surface area contributed by atoms with E-state index in [1.54, 1.807) is 11.8 Å². The second-order valence-electron chi connectivity index (χ2n) is 9.70. The van der Waals surface area contributed by atoms with Gasteiger partial charge >= 0.3 is 6.03 Å². The van der Waals surface area contributed by atoms with Crippen LogP contribution < -0.4 is 10.7 Å². The third kappa shape index (κ3) is 5.06. The molecule has 0 bridgehead atoms. The van der Waals surface area contributed by atoms with Crippen LogP contribution in [-0.2, 0) is 20.8 Å². The minimum absolute atomic E-state index is 0.00604. The molecule has 2 unspecified atom stereocenters. The number of urea groups is 1. The molecule has 2 heterocycles. The van der Waals surface area contributed by atoms with Gasteiger partial charge in [-0.15, -0.1) is 0 Å². The van der Waals surface area contributed by atoms with E-state index in [9.17, 15) is 19.2 Å². The number of carbonyl (C=O) groups is 4. The highest BCUT2D eigenvalue weighted by atomic mass is 16.2. The Kier molecular flexibility index (Phi) is 6.38. The van der Waals surface area contributed by atoms with Gasteiger partial charge in [-0.1, -0.05) is 51.1 Å². The molecule has 3 rings (SSSR count). The minimum atomic E-state index is -1.08. The number of benzene rings is 1. The predicted molar refractivity (Wildman–Crippen MR) is 115 cm³/mol. The molecule has 168 valence electrons. The molecule has 5 amide bonds. The van der Waals surface area contributed by atoms with Crippen molar-refractivity contribution >= 4 is 23.8 Å². The number of amides is 5. The van der Waals surface area contributed by atoms with Crippen LogP contribution in [0.25, 0.3) is 0 Å². The van der Waals surface area contributed by atoms with Crippen LogP contribution in [0.15, 0.2) is 30.3 Å². The second-order valence-corrected chi connectivity index (χ2v) is 9.70. The van der Waals surface area contributed by atoms with E-state index in [1.807, 2.05) is 51.1 Å². The number of nitrogens with one attached hydrogen (secondary N) is 2. The fraction of sp³-hybridized carbons (Fsp3) is 0.565. The lowest BCUT2D eigenvalue weighted by Gasteiger charge is -2.36. The maximum Gasteiger partial charge on any atom is 0.344 e. The number of likely N-dealkylation sites (tertiary alicyclic amines) is 1. The molecule has 0 aliphatic carbocycles. The van der Waals surface area contributed by atoms with Gasteiger partial charge in [-0.2, -0.15) is 5.01 Å². The van der Waals surface area contributed by atoms with Gasteiger partial charge in [0.2, 0.25) is 11.8 Å². The molecular weight excluding hydrogens is 396 g/mol. The number of piperidine rings is 1. The average Bonchev–Trinajstić information content (AvgIpc) is 2.95. The maximum atomic E-state index is 12.9. The maximum absolute atomic E-state index is 12.9. The number of aryl methyl sites for hydroxylation is 1. The molecule has 1 aromatic carbocycles. The van der Waals surface area contributed by atoms with E-state index in [1.165, 1.54) is 0 Å². The molecule has 0 radical (unpaired) electrons. The third-order valence-corrected chi connectivity index (χ3v) is 5.96. The molecule has 0 aromatic heterocycles. The standard InChI is InChI=1S/C23H32N4O4/c1-22(2,3)19(29)26-14-8-11-17(15-26)18(28)25-27-20(30)23(4,24-21(27)31)13-12-16-9-6-5-7-10-16/h5-7,9-10,17H,8,11-15H2,1-4H3,(H,24,31)(H,25,28). The van der Waals surface area contributed by atoms with Gasteiger partial charge in [-0.25, -0.2) is 4.79 Å². The molecule has 2 atom stereocenters. The van der Waals surface area contributed by atoms with Crippen molar-refractivity contribution in [2.75, 3.05) is 13.1 Å². The topological polar surface area (TPSA) is 98.8 Å². The zero-order chi connectivity index (χ0) is 22.8. The fourth-order valence-electron chi connectivity index (χ4n) is 4.05. The number of rotatable bonds is 5. The van der Waals surface area contributed by atoms with Crippen molar-refractivity contribution in [1.29, 1.82) is 0 Å². The Morgan fingerprint density at radius 1 is 1.19 bits per heavy atom. The predicted octanol–water partition coefficient (Wildman–Crippen LogP) is 2.25. The summed E-state index contributed by atoms with van der Waals surface area (Å²) in [6.45, 7) is 8.12. The summed E-state index contributed by atoms with van der Waals surface area (Å²) in [5.74, 6) is -1.35. The first-order chi connectivity index (χ1) is 14.5. The van der Waals surface area contributed by atoms with E-state index in [-0.39, 0.29) is 12.5 Å². The Labute approximate surface area is 183 Å². The molecule has 0 saturated carbocycles. The van der Waals surface area contributed by atoms with Gasteiger partial charge in [-0.3, -0.25) is 19.8 Å².